The molecule has 3 rings (SSSR count). The van der Waals surface area contributed by atoms with Crippen LogP contribution in [0, 0.1) is 6.92 Å². The van der Waals surface area contributed by atoms with Crippen molar-refractivity contribution in [2.75, 3.05) is 13.2 Å². The zero-order valence-electron chi connectivity index (χ0n) is 13.0. The molecule has 1 atom stereocenters. The number of hydrogen-bond acceptors (Lipinski definition) is 7. The van der Waals surface area contributed by atoms with Crippen LogP contribution in [0.15, 0.2) is 16.9 Å². The van der Waals surface area contributed by atoms with Crippen molar-refractivity contribution in [1.82, 2.24) is 25.6 Å². The second-order valence-corrected chi connectivity index (χ2v) is 5.57. The van der Waals surface area contributed by atoms with Crippen LogP contribution in [0.3, 0.4) is 0 Å². The van der Waals surface area contributed by atoms with Gasteiger partial charge in [-0.05, 0) is 25.8 Å². The van der Waals surface area contributed by atoms with Crippen molar-refractivity contribution in [2.45, 2.75) is 38.6 Å². The maximum Gasteiger partial charge on any atom is 0.226 e. The summed E-state index contributed by atoms with van der Waals surface area (Å²) in [4.78, 5) is 20.8. The average molecular weight is 317 g/mol. The Morgan fingerprint density at radius 1 is 1.43 bits per heavy atom. The van der Waals surface area contributed by atoms with Gasteiger partial charge in [-0.15, -0.1) is 0 Å². The second-order valence-electron chi connectivity index (χ2n) is 5.57. The van der Waals surface area contributed by atoms with Crippen LogP contribution in [0.2, 0.25) is 0 Å². The van der Waals surface area contributed by atoms with Gasteiger partial charge < -0.3 is 10.1 Å². The smallest absolute Gasteiger partial charge is 0.226 e. The second kappa shape index (κ2) is 7.28. The number of hydrogen-bond donors (Lipinski definition) is 1. The predicted molar refractivity (Wildman–Crippen MR) is 79.4 cm³/mol. The van der Waals surface area contributed by atoms with Crippen LogP contribution in [0.5, 0.6) is 0 Å². The molecule has 23 heavy (non-hydrogen) atoms. The summed E-state index contributed by atoms with van der Waals surface area (Å²) >= 11 is 0. The van der Waals surface area contributed by atoms with E-state index in [1.807, 2.05) is 0 Å². The first kappa shape index (κ1) is 15.5. The molecule has 1 fully saturated rings. The molecule has 0 aliphatic carbocycles. The van der Waals surface area contributed by atoms with Gasteiger partial charge in [0.15, 0.2) is 0 Å². The summed E-state index contributed by atoms with van der Waals surface area (Å²) in [5.41, 5.74) is 1.95. The average Bonchev–Trinajstić information content (AvgIpc) is 2.99. The van der Waals surface area contributed by atoms with Gasteiger partial charge >= 0.3 is 0 Å². The molecule has 0 bridgehead atoms. The van der Waals surface area contributed by atoms with Gasteiger partial charge in [0.05, 0.1) is 25.3 Å². The predicted octanol–water partition coefficient (Wildman–Crippen LogP) is 0.921. The van der Waals surface area contributed by atoms with Gasteiger partial charge in [-0.1, -0.05) is 10.3 Å². The molecule has 0 unspecified atom stereocenters. The van der Waals surface area contributed by atoms with E-state index >= 15 is 0 Å². The Kier molecular flexibility index (Phi) is 4.92. The first-order valence-corrected chi connectivity index (χ1v) is 7.66. The van der Waals surface area contributed by atoms with Crippen LogP contribution in [0.25, 0.3) is 0 Å². The quantitative estimate of drug-likeness (QED) is 0.874. The summed E-state index contributed by atoms with van der Waals surface area (Å²) < 4.78 is 10.1. The summed E-state index contributed by atoms with van der Waals surface area (Å²) in [5.74, 6) is 0.876. The third kappa shape index (κ3) is 4.10. The first-order valence-electron chi connectivity index (χ1n) is 7.66. The normalized spacial score (nSPS) is 17.9. The van der Waals surface area contributed by atoms with E-state index in [9.17, 15) is 4.79 Å². The van der Waals surface area contributed by atoms with Crippen molar-refractivity contribution in [3.63, 3.8) is 0 Å². The molecule has 0 saturated carbocycles. The molecule has 2 aromatic rings. The van der Waals surface area contributed by atoms with Gasteiger partial charge in [0.1, 0.15) is 17.2 Å². The highest BCUT2D eigenvalue weighted by atomic mass is 16.6. The van der Waals surface area contributed by atoms with Gasteiger partial charge in [0, 0.05) is 18.7 Å². The fourth-order valence-electron chi connectivity index (χ4n) is 2.47. The Labute approximate surface area is 133 Å². The van der Waals surface area contributed by atoms with E-state index in [1.165, 1.54) is 0 Å². The molecule has 3 heterocycles. The lowest BCUT2D eigenvalue weighted by Gasteiger charge is -2.20. The van der Waals surface area contributed by atoms with Gasteiger partial charge in [0.2, 0.25) is 5.91 Å². The summed E-state index contributed by atoms with van der Waals surface area (Å²) in [6, 6.07) is 1.80. The van der Waals surface area contributed by atoms with Crippen molar-refractivity contribution in [3.05, 3.63) is 35.2 Å². The molecule has 0 aromatic carbocycles. The minimum atomic E-state index is -0.148. The van der Waals surface area contributed by atoms with Crippen LogP contribution >= 0.6 is 0 Å². The number of aromatic nitrogens is 4. The fourth-order valence-corrected chi connectivity index (χ4v) is 2.47. The van der Waals surface area contributed by atoms with E-state index in [0.717, 1.165) is 31.0 Å². The lowest BCUT2D eigenvalue weighted by molar-refractivity contribution is -0.120. The van der Waals surface area contributed by atoms with E-state index in [-0.39, 0.29) is 18.2 Å². The van der Waals surface area contributed by atoms with E-state index < -0.39 is 0 Å². The molecular formula is C15H19N5O3. The highest BCUT2D eigenvalue weighted by molar-refractivity contribution is 5.78. The highest BCUT2D eigenvalue weighted by Crippen LogP contribution is 2.22. The Balaban J connectivity index is 1.55. The van der Waals surface area contributed by atoms with Crippen LogP contribution in [-0.4, -0.2) is 39.4 Å². The van der Waals surface area contributed by atoms with E-state index in [4.69, 9.17) is 4.74 Å². The van der Waals surface area contributed by atoms with Crippen molar-refractivity contribution < 1.29 is 14.2 Å². The molecule has 2 aromatic heterocycles. The molecule has 8 nitrogen and oxygen atoms in total. The van der Waals surface area contributed by atoms with E-state index in [0.29, 0.717) is 24.5 Å². The van der Waals surface area contributed by atoms with Crippen LogP contribution in [0.1, 0.15) is 41.7 Å². The molecule has 1 saturated heterocycles. The zero-order chi connectivity index (χ0) is 16.1. The van der Waals surface area contributed by atoms with Gasteiger partial charge in [-0.2, -0.15) is 0 Å². The SMILES string of the molecule is Cc1nonc1CC(=O)NCc1ccnc([C@H]2CCCOC2)n1. The topological polar surface area (TPSA) is 103 Å². The molecule has 0 radical (unpaired) electrons. The monoisotopic (exact) mass is 317 g/mol. The van der Waals surface area contributed by atoms with Crippen LogP contribution in [-0.2, 0) is 22.5 Å². The number of nitrogens with zero attached hydrogens (tertiary/aromatic N) is 4. The van der Waals surface area contributed by atoms with Gasteiger partial charge in [0.25, 0.3) is 0 Å². The van der Waals surface area contributed by atoms with Crippen molar-refractivity contribution in [3.8, 4) is 0 Å². The molecule has 122 valence electrons. The number of nitrogens with one attached hydrogen (secondary N) is 1. The maximum atomic E-state index is 11.9. The van der Waals surface area contributed by atoms with E-state index in [1.54, 1.807) is 19.2 Å². The van der Waals surface area contributed by atoms with Crippen molar-refractivity contribution in [2.24, 2.45) is 0 Å². The van der Waals surface area contributed by atoms with Gasteiger partial charge in [-0.3, -0.25) is 4.79 Å². The third-order valence-electron chi connectivity index (χ3n) is 3.80. The lowest BCUT2D eigenvalue weighted by atomic mass is 10.0. The van der Waals surface area contributed by atoms with Crippen LogP contribution in [0.4, 0.5) is 0 Å². The highest BCUT2D eigenvalue weighted by Gasteiger charge is 2.19. The number of carbonyl (C=O) groups is 1. The van der Waals surface area contributed by atoms with E-state index in [2.05, 4.69) is 30.2 Å². The summed E-state index contributed by atoms with van der Waals surface area (Å²) in [6.07, 6.45) is 3.93. The first-order chi connectivity index (χ1) is 11.2. The summed E-state index contributed by atoms with van der Waals surface area (Å²) in [6.45, 7) is 3.57. The Morgan fingerprint density at radius 3 is 3.09 bits per heavy atom. The Morgan fingerprint density at radius 2 is 2.35 bits per heavy atom. The molecule has 1 aliphatic heterocycles. The third-order valence-corrected chi connectivity index (χ3v) is 3.80. The molecule has 0 spiro atoms. The molecule has 1 amide bonds. The van der Waals surface area contributed by atoms with Gasteiger partial charge in [-0.25, -0.2) is 14.6 Å². The van der Waals surface area contributed by atoms with Crippen LogP contribution < -0.4 is 5.32 Å². The molecular weight excluding hydrogens is 298 g/mol. The number of amides is 1. The number of carbonyl (C=O) groups excluding carboxylic acids is 1. The number of aryl methyl sites for hydroxylation is 1. The Hall–Kier alpha value is -2.35. The van der Waals surface area contributed by atoms with Crippen molar-refractivity contribution in [1.29, 1.82) is 0 Å². The molecule has 1 N–H and O–H groups in total. The standard InChI is InChI=1S/C15H19N5O3/c1-10-13(20-23-19-10)7-14(21)17-8-12-4-5-16-15(18-12)11-3-2-6-22-9-11/h4-5,11H,2-3,6-9H2,1H3,(H,17,21)/t11-/m0/s1. The minimum Gasteiger partial charge on any atom is -0.381 e. The molecule has 8 heteroatoms. The lowest BCUT2D eigenvalue weighted by Crippen LogP contribution is -2.26. The zero-order valence-corrected chi connectivity index (χ0v) is 13.0. The minimum absolute atomic E-state index is 0.143. The largest absolute Gasteiger partial charge is 0.381 e. The summed E-state index contributed by atoms with van der Waals surface area (Å²) in [5, 5.41) is 10.2. The number of rotatable bonds is 5. The molecule has 1 aliphatic rings. The Bertz CT molecular complexity index is 667. The fraction of sp³-hybridized carbons (Fsp3) is 0.533. The maximum absolute atomic E-state index is 11.9. The van der Waals surface area contributed by atoms with Crippen molar-refractivity contribution >= 4 is 5.91 Å². The summed E-state index contributed by atoms with van der Waals surface area (Å²) in [7, 11) is 0. The number of ether oxygens (including phenoxy) is 1.